The van der Waals surface area contributed by atoms with Crippen molar-refractivity contribution in [2.75, 3.05) is 5.32 Å². The van der Waals surface area contributed by atoms with E-state index in [1.54, 1.807) is 26.0 Å². The monoisotopic (exact) mass is 245 g/mol. The molecule has 4 heteroatoms. The Kier molecular flexibility index (Phi) is 3.02. The molecular formula is C14H15NO3. The number of para-hydroxylation sites is 1. The first-order valence-electron chi connectivity index (χ1n) is 5.58. The van der Waals surface area contributed by atoms with E-state index in [1.165, 1.54) is 0 Å². The van der Waals surface area contributed by atoms with E-state index in [0.717, 1.165) is 0 Å². The highest BCUT2D eigenvalue weighted by molar-refractivity contribution is 5.78. The van der Waals surface area contributed by atoms with Crippen LogP contribution in [0, 0.1) is 13.8 Å². The Labute approximate surface area is 105 Å². The summed E-state index contributed by atoms with van der Waals surface area (Å²) in [4.78, 5) is 0. The number of phenols is 3. The Morgan fingerprint density at radius 3 is 1.94 bits per heavy atom. The van der Waals surface area contributed by atoms with Crippen LogP contribution >= 0.6 is 0 Å². The van der Waals surface area contributed by atoms with Crippen LogP contribution in [-0.2, 0) is 0 Å². The van der Waals surface area contributed by atoms with Crippen LogP contribution in [0.3, 0.4) is 0 Å². The van der Waals surface area contributed by atoms with Crippen LogP contribution in [0.5, 0.6) is 17.2 Å². The van der Waals surface area contributed by atoms with E-state index < -0.39 is 0 Å². The molecule has 0 saturated carbocycles. The van der Waals surface area contributed by atoms with Crippen molar-refractivity contribution in [2.45, 2.75) is 13.8 Å². The number of aromatic hydroxyl groups is 3. The first-order valence-corrected chi connectivity index (χ1v) is 5.58. The summed E-state index contributed by atoms with van der Waals surface area (Å²) >= 11 is 0. The first kappa shape index (κ1) is 12.1. The lowest BCUT2D eigenvalue weighted by Gasteiger charge is -2.15. The zero-order chi connectivity index (χ0) is 13.3. The van der Waals surface area contributed by atoms with Crippen molar-refractivity contribution < 1.29 is 15.3 Å². The van der Waals surface area contributed by atoms with Crippen LogP contribution in [0.15, 0.2) is 30.3 Å². The van der Waals surface area contributed by atoms with Crippen molar-refractivity contribution in [1.82, 2.24) is 0 Å². The molecule has 2 aromatic rings. The van der Waals surface area contributed by atoms with Gasteiger partial charge in [0.1, 0.15) is 11.4 Å². The largest absolute Gasteiger partial charge is 0.505 e. The molecule has 0 aliphatic heterocycles. The average molecular weight is 245 g/mol. The van der Waals surface area contributed by atoms with E-state index >= 15 is 0 Å². The SMILES string of the molecule is Cc1c(C)c(O)c(Nc2ccccc2)c(O)c1O. The minimum absolute atomic E-state index is 0.0633. The number of hydrogen-bond acceptors (Lipinski definition) is 4. The molecule has 0 spiro atoms. The molecule has 0 unspecified atom stereocenters. The highest BCUT2D eigenvalue weighted by Crippen LogP contribution is 2.46. The Morgan fingerprint density at radius 2 is 1.33 bits per heavy atom. The van der Waals surface area contributed by atoms with Gasteiger partial charge in [-0.15, -0.1) is 0 Å². The zero-order valence-corrected chi connectivity index (χ0v) is 10.2. The molecule has 2 aromatic carbocycles. The van der Waals surface area contributed by atoms with Crippen LogP contribution in [0.2, 0.25) is 0 Å². The van der Waals surface area contributed by atoms with Gasteiger partial charge in [-0.25, -0.2) is 0 Å². The van der Waals surface area contributed by atoms with Gasteiger partial charge in [0.05, 0.1) is 0 Å². The highest BCUT2D eigenvalue weighted by Gasteiger charge is 2.18. The molecule has 4 nitrogen and oxygen atoms in total. The van der Waals surface area contributed by atoms with E-state index in [1.807, 2.05) is 18.2 Å². The maximum Gasteiger partial charge on any atom is 0.185 e. The number of hydrogen-bond donors (Lipinski definition) is 4. The summed E-state index contributed by atoms with van der Waals surface area (Å²) in [7, 11) is 0. The van der Waals surface area contributed by atoms with Crippen molar-refractivity contribution >= 4 is 11.4 Å². The quantitative estimate of drug-likeness (QED) is 0.484. The topological polar surface area (TPSA) is 72.7 Å². The molecule has 0 radical (unpaired) electrons. The third-order valence-corrected chi connectivity index (χ3v) is 3.01. The van der Waals surface area contributed by atoms with Gasteiger partial charge in [-0.3, -0.25) is 0 Å². The van der Waals surface area contributed by atoms with E-state index in [0.29, 0.717) is 16.8 Å². The third-order valence-electron chi connectivity index (χ3n) is 3.01. The van der Waals surface area contributed by atoms with Crippen molar-refractivity contribution in [2.24, 2.45) is 0 Å². The van der Waals surface area contributed by atoms with Gasteiger partial charge in [0.2, 0.25) is 0 Å². The van der Waals surface area contributed by atoms with Gasteiger partial charge in [-0.05, 0) is 31.5 Å². The molecule has 2 rings (SSSR count). The normalized spacial score (nSPS) is 10.3. The lowest BCUT2D eigenvalue weighted by Crippen LogP contribution is -1.95. The molecule has 4 N–H and O–H groups in total. The van der Waals surface area contributed by atoms with Gasteiger partial charge in [0.15, 0.2) is 11.5 Å². The lowest BCUT2D eigenvalue weighted by molar-refractivity contribution is 0.395. The predicted octanol–water partition coefficient (Wildman–Crippen LogP) is 3.16. The fourth-order valence-corrected chi connectivity index (χ4v) is 1.74. The van der Waals surface area contributed by atoms with Crippen LogP contribution in [0.25, 0.3) is 0 Å². The summed E-state index contributed by atoms with van der Waals surface area (Å²) in [5, 5.41) is 32.5. The Morgan fingerprint density at radius 1 is 0.778 bits per heavy atom. The van der Waals surface area contributed by atoms with Crippen molar-refractivity contribution in [1.29, 1.82) is 0 Å². The Hall–Kier alpha value is -2.36. The van der Waals surface area contributed by atoms with Crippen LogP contribution in [0.4, 0.5) is 11.4 Å². The number of benzene rings is 2. The smallest absolute Gasteiger partial charge is 0.185 e. The molecule has 0 aromatic heterocycles. The van der Waals surface area contributed by atoms with Gasteiger partial charge < -0.3 is 20.6 Å². The lowest BCUT2D eigenvalue weighted by atomic mass is 10.0. The molecule has 0 heterocycles. The molecule has 0 aliphatic rings. The molecule has 0 amide bonds. The number of nitrogens with one attached hydrogen (secondary N) is 1. The average Bonchev–Trinajstić information content (AvgIpc) is 2.40. The zero-order valence-electron chi connectivity index (χ0n) is 10.2. The van der Waals surface area contributed by atoms with Crippen LogP contribution in [-0.4, -0.2) is 15.3 Å². The van der Waals surface area contributed by atoms with Crippen LogP contribution in [0.1, 0.15) is 11.1 Å². The predicted molar refractivity (Wildman–Crippen MR) is 70.6 cm³/mol. The van der Waals surface area contributed by atoms with Gasteiger partial charge in [0.25, 0.3) is 0 Å². The fourth-order valence-electron chi connectivity index (χ4n) is 1.74. The molecule has 0 fully saturated rings. The van der Waals surface area contributed by atoms with E-state index in [4.69, 9.17) is 0 Å². The summed E-state index contributed by atoms with van der Waals surface area (Å²) in [5.41, 5.74) is 1.82. The number of phenolic OH excluding ortho intramolecular Hbond substituents is 3. The van der Waals surface area contributed by atoms with Gasteiger partial charge in [0, 0.05) is 11.3 Å². The maximum atomic E-state index is 10.0. The molecule has 0 aliphatic carbocycles. The Bertz CT molecular complexity index is 550. The summed E-state index contributed by atoms with van der Waals surface area (Å²) in [6, 6.07) is 9.12. The minimum atomic E-state index is -0.348. The van der Waals surface area contributed by atoms with E-state index in [-0.39, 0.29) is 22.9 Å². The maximum absolute atomic E-state index is 10.0. The first-order chi connectivity index (χ1) is 8.52. The molecule has 0 bridgehead atoms. The highest BCUT2D eigenvalue weighted by atomic mass is 16.3. The Balaban J connectivity index is 2.52. The second-order valence-corrected chi connectivity index (χ2v) is 4.16. The number of rotatable bonds is 2. The van der Waals surface area contributed by atoms with E-state index in [2.05, 4.69) is 5.32 Å². The molecule has 0 saturated heterocycles. The molecule has 0 atom stereocenters. The standard InChI is InChI=1S/C14H15NO3/c1-8-9(2)13(17)14(18)11(12(8)16)15-10-6-4-3-5-7-10/h3-7,15-18H,1-2H3. The van der Waals surface area contributed by atoms with Gasteiger partial charge in [-0.1, -0.05) is 18.2 Å². The summed E-state index contributed by atoms with van der Waals surface area (Å²) in [6.07, 6.45) is 0. The second-order valence-electron chi connectivity index (χ2n) is 4.16. The van der Waals surface area contributed by atoms with E-state index in [9.17, 15) is 15.3 Å². The summed E-state index contributed by atoms with van der Waals surface area (Å²) in [5.74, 6) is -0.630. The van der Waals surface area contributed by atoms with Crippen molar-refractivity contribution in [3.8, 4) is 17.2 Å². The fraction of sp³-hybridized carbons (Fsp3) is 0.143. The molecule has 18 heavy (non-hydrogen) atoms. The molecule has 94 valence electrons. The summed E-state index contributed by atoms with van der Waals surface area (Å²) < 4.78 is 0. The number of anilines is 2. The van der Waals surface area contributed by atoms with Crippen LogP contribution < -0.4 is 5.32 Å². The molecular weight excluding hydrogens is 230 g/mol. The summed E-state index contributed by atoms with van der Waals surface area (Å²) in [6.45, 7) is 3.32. The second kappa shape index (κ2) is 4.49. The van der Waals surface area contributed by atoms with Gasteiger partial charge >= 0.3 is 0 Å². The third kappa shape index (κ3) is 1.93. The minimum Gasteiger partial charge on any atom is -0.505 e. The van der Waals surface area contributed by atoms with Crippen molar-refractivity contribution in [3.63, 3.8) is 0 Å². The van der Waals surface area contributed by atoms with Gasteiger partial charge in [-0.2, -0.15) is 0 Å². The van der Waals surface area contributed by atoms with Crippen molar-refractivity contribution in [3.05, 3.63) is 41.5 Å².